The Morgan fingerprint density at radius 3 is 2.38 bits per heavy atom. The highest BCUT2D eigenvalue weighted by atomic mass is 127. The quantitative estimate of drug-likeness (QED) is 0.411. The van der Waals surface area contributed by atoms with Gasteiger partial charge in [-0.3, -0.25) is 4.99 Å². The molecule has 1 aliphatic rings. The molecule has 0 bridgehead atoms. The summed E-state index contributed by atoms with van der Waals surface area (Å²) in [6, 6.07) is 7.63. The Morgan fingerprint density at radius 2 is 1.83 bits per heavy atom. The molecule has 4 nitrogen and oxygen atoms in total. The third-order valence-corrected chi connectivity index (χ3v) is 4.00. The zero-order valence-corrected chi connectivity index (χ0v) is 16.4. The Balaban J connectivity index is 0.00000288. The van der Waals surface area contributed by atoms with E-state index in [0.717, 1.165) is 18.8 Å². The van der Waals surface area contributed by atoms with Gasteiger partial charge in [0.1, 0.15) is 0 Å². The molecule has 0 aliphatic carbocycles. The van der Waals surface area contributed by atoms with Crippen LogP contribution >= 0.6 is 35.6 Å². The molecular weight excluding hydrogens is 456 g/mol. The second-order valence-electron chi connectivity index (χ2n) is 5.26. The molecule has 24 heavy (non-hydrogen) atoms. The number of guanidine groups is 1. The van der Waals surface area contributed by atoms with Gasteiger partial charge in [0.15, 0.2) is 5.96 Å². The van der Waals surface area contributed by atoms with E-state index in [0.29, 0.717) is 24.1 Å². The lowest BCUT2D eigenvalue weighted by atomic mass is 10.2. The van der Waals surface area contributed by atoms with Gasteiger partial charge in [0.25, 0.3) is 0 Å². The maximum Gasteiger partial charge on any atom is 0.390 e. The highest BCUT2D eigenvalue weighted by Crippen LogP contribution is 2.26. The molecule has 1 saturated heterocycles. The number of aliphatic imine (C=N–C) groups is 1. The van der Waals surface area contributed by atoms with Gasteiger partial charge in [-0.2, -0.15) is 13.2 Å². The van der Waals surface area contributed by atoms with Crippen LogP contribution in [0.3, 0.4) is 0 Å². The van der Waals surface area contributed by atoms with Crippen molar-refractivity contribution in [3.63, 3.8) is 0 Å². The summed E-state index contributed by atoms with van der Waals surface area (Å²) in [7, 11) is 1.58. The van der Waals surface area contributed by atoms with E-state index >= 15 is 0 Å². The van der Waals surface area contributed by atoms with Crippen molar-refractivity contribution >= 4 is 47.2 Å². The van der Waals surface area contributed by atoms with Crippen molar-refractivity contribution in [2.45, 2.75) is 12.6 Å². The van der Waals surface area contributed by atoms with Gasteiger partial charge in [-0.25, -0.2) is 0 Å². The van der Waals surface area contributed by atoms with E-state index in [1.54, 1.807) is 7.05 Å². The fraction of sp³-hybridized carbons (Fsp3) is 0.533. The summed E-state index contributed by atoms with van der Waals surface area (Å²) in [5.74, 6) is 0.507. The number of para-hydroxylation sites is 1. The Hall–Kier alpha value is -0.900. The maximum atomic E-state index is 12.2. The van der Waals surface area contributed by atoms with Gasteiger partial charge in [0.2, 0.25) is 0 Å². The lowest BCUT2D eigenvalue weighted by Crippen LogP contribution is -2.53. The number of alkyl halides is 3. The number of halogens is 5. The lowest BCUT2D eigenvalue weighted by molar-refractivity contribution is -0.132. The number of hydrogen-bond acceptors (Lipinski definition) is 2. The largest absolute Gasteiger partial charge is 0.390 e. The Morgan fingerprint density at radius 1 is 1.21 bits per heavy atom. The highest BCUT2D eigenvalue weighted by Gasteiger charge is 2.27. The molecule has 1 aromatic carbocycles. The molecule has 1 aromatic rings. The number of hydrogen-bond donors (Lipinski definition) is 1. The average Bonchev–Trinajstić information content (AvgIpc) is 2.51. The third-order valence-electron chi connectivity index (χ3n) is 3.68. The van der Waals surface area contributed by atoms with Crippen LogP contribution in [0.2, 0.25) is 5.02 Å². The summed E-state index contributed by atoms with van der Waals surface area (Å²) in [4.78, 5) is 8.20. The molecule has 2 rings (SSSR count). The molecule has 9 heteroatoms. The molecule has 136 valence electrons. The highest BCUT2D eigenvalue weighted by molar-refractivity contribution is 14.0. The van der Waals surface area contributed by atoms with Crippen LogP contribution in [0, 0.1) is 0 Å². The normalized spacial score (nSPS) is 16.0. The molecule has 0 aromatic heterocycles. The third kappa shape index (κ3) is 6.19. The van der Waals surface area contributed by atoms with Gasteiger partial charge in [0, 0.05) is 39.8 Å². The van der Waals surface area contributed by atoms with Gasteiger partial charge < -0.3 is 15.1 Å². The van der Waals surface area contributed by atoms with Crippen LogP contribution < -0.4 is 10.2 Å². The van der Waals surface area contributed by atoms with Crippen LogP contribution in [0.15, 0.2) is 29.3 Å². The fourth-order valence-electron chi connectivity index (χ4n) is 2.52. The average molecular weight is 477 g/mol. The van der Waals surface area contributed by atoms with E-state index in [1.807, 2.05) is 29.2 Å². The van der Waals surface area contributed by atoms with Gasteiger partial charge in [-0.1, -0.05) is 23.7 Å². The Kier molecular flexibility index (Phi) is 8.41. The van der Waals surface area contributed by atoms with Gasteiger partial charge in [-0.05, 0) is 12.1 Å². The number of nitrogens with zero attached hydrogens (tertiary/aromatic N) is 3. The van der Waals surface area contributed by atoms with E-state index in [1.165, 1.54) is 0 Å². The number of rotatable bonds is 3. The first kappa shape index (κ1) is 21.1. The monoisotopic (exact) mass is 476 g/mol. The smallest absolute Gasteiger partial charge is 0.367 e. The van der Waals surface area contributed by atoms with Crippen LogP contribution in [0.25, 0.3) is 0 Å². The van der Waals surface area contributed by atoms with Crippen molar-refractivity contribution in [1.82, 2.24) is 10.2 Å². The molecule has 1 N–H and O–H groups in total. The van der Waals surface area contributed by atoms with Gasteiger partial charge >= 0.3 is 6.18 Å². The summed E-state index contributed by atoms with van der Waals surface area (Å²) in [6.45, 7) is 2.67. The zero-order valence-electron chi connectivity index (χ0n) is 13.3. The molecule has 1 aliphatic heterocycles. The number of nitrogens with one attached hydrogen (secondary N) is 1. The van der Waals surface area contributed by atoms with E-state index in [2.05, 4.69) is 15.2 Å². The van der Waals surface area contributed by atoms with E-state index in [4.69, 9.17) is 11.6 Å². The Labute approximate surface area is 162 Å². The summed E-state index contributed by atoms with van der Waals surface area (Å²) >= 11 is 6.20. The number of piperazine rings is 1. The van der Waals surface area contributed by atoms with Crippen LogP contribution in [0.5, 0.6) is 0 Å². The zero-order chi connectivity index (χ0) is 16.9. The molecule has 0 unspecified atom stereocenters. The van der Waals surface area contributed by atoms with Crippen molar-refractivity contribution < 1.29 is 13.2 Å². The molecule has 1 fully saturated rings. The first-order chi connectivity index (χ1) is 10.9. The van der Waals surface area contributed by atoms with E-state index in [9.17, 15) is 13.2 Å². The number of anilines is 1. The minimum absolute atomic E-state index is 0. The molecule has 0 radical (unpaired) electrons. The van der Waals surface area contributed by atoms with Crippen molar-refractivity contribution in [1.29, 1.82) is 0 Å². The van der Waals surface area contributed by atoms with Crippen LogP contribution in [0.1, 0.15) is 6.42 Å². The minimum Gasteiger partial charge on any atom is -0.367 e. The molecular formula is C15H21ClF3IN4. The predicted octanol–water partition coefficient (Wildman–Crippen LogP) is 3.61. The van der Waals surface area contributed by atoms with Crippen molar-refractivity contribution in [3.8, 4) is 0 Å². The number of benzene rings is 1. The predicted molar refractivity (Wildman–Crippen MR) is 103 cm³/mol. The minimum atomic E-state index is -4.16. The van der Waals surface area contributed by atoms with Gasteiger partial charge in [0.05, 0.1) is 17.1 Å². The molecule has 0 atom stereocenters. The van der Waals surface area contributed by atoms with E-state index in [-0.39, 0.29) is 30.5 Å². The van der Waals surface area contributed by atoms with Crippen LogP contribution in [0.4, 0.5) is 18.9 Å². The lowest BCUT2D eigenvalue weighted by Gasteiger charge is -2.38. The van der Waals surface area contributed by atoms with Crippen molar-refractivity contribution in [2.24, 2.45) is 4.99 Å². The topological polar surface area (TPSA) is 30.9 Å². The standard InChI is InChI=1S/C15H20ClF3N4.HI/c1-20-14(21-7-6-15(17,18)19)23-10-8-22(9-11-23)13-5-3-2-4-12(13)16;/h2-5H,6-11H2,1H3,(H,20,21);1H. The van der Waals surface area contributed by atoms with E-state index < -0.39 is 12.6 Å². The van der Waals surface area contributed by atoms with Gasteiger partial charge in [-0.15, -0.1) is 24.0 Å². The first-order valence-corrected chi connectivity index (χ1v) is 7.80. The second-order valence-corrected chi connectivity index (χ2v) is 5.67. The Bertz CT molecular complexity index is 546. The maximum absolute atomic E-state index is 12.2. The summed E-state index contributed by atoms with van der Waals surface area (Å²) < 4.78 is 36.6. The SMILES string of the molecule is CN=C(NCCC(F)(F)F)N1CCN(c2ccccc2Cl)CC1.I. The van der Waals surface area contributed by atoms with Crippen molar-refractivity contribution in [3.05, 3.63) is 29.3 Å². The fourth-order valence-corrected chi connectivity index (χ4v) is 2.77. The van der Waals surface area contributed by atoms with Crippen molar-refractivity contribution in [2.75, 3.05) is 44.7 Å². The molecule has 1 heterocycles. The summed E-state index contributed by atoms with van der Waals surface area (Å²) in [5, 5.41) is 3.48. The first-order valence-electron chi connectivity index (χ1n) is 7.42. The second kappa shape index (κ2) is 9.55. The summed E-state index contributed by atoms with van der Waals surface area (Å²) in [5.41, 5.74) is 0.980. The molecule has 0 saturated carbocycles. The van der Waals surface area contributed by atoms with Crippen LogP contribution in [-0.2, 0) is 0 Å². The van der Waals surface area contributed by atoms with Crippen LogP contribution in [-0.4, -0.2) is 56.8 Å². The molecule has 0 amide bonds. The summed E-state index contributed by atoms with van der Waals surface area (Å²) in [6.07, 6.45) is -5.03. The molecule has 0 spiro atoms.